The Hall–Kier alpha value is -1.76. The van der Waals surface area contributed by atoms with E-state index in [0.717, 1.165) is 44.6 Å². The molecule has 1 aliphatic rings. The van der Waals surface area contributed by atoms with Crippen LogP contribution in [0.4, 0.5) is 13.2 Å². The molecule has 0 radical (unpaired) electrons. The summed E-state index contributed by atoms with van der Waals surface area (Å²) >= 11 is 0. The van der Waals surface area contributed by atoms with Gasteiger partial charge in [-0.3, -0.25) is 4.99 Å². The second-order valence-electron chi connectivity index (χ2n) is 7.50. The number of likely N-dealkylation sites (tertiary alicyclic amines) is 1. The standard InChI is InChI=1S/C20H30F3N3O/c1-5-27-17-9-11-26(12-10-17)18(24-4)25-14-19(2,3)15-7-6-8-16(13-15)20(21,22)23/h6-8,13,17H,5,9-12,14H2,1-4H3,(H,24,25). The quantitative estimate of drug-likeness (QED) is 0.613. The lowest BCUT2D eigenvalue weighted by Crippen LogP contribution is -2.49. The van der Waals surface area contributed by atoms with E-state index in [9.17, 15) is 13.2 Å². The van der Waals surface area contributed by atoms with Gasteiger partial charge in [0.15, 0.2) is 5.96 Å². The van der Waals surface area contributed by atoms with E-state index in [1.165, 1.54) is 12.1 Å². The van der Waals surface area contributed by atoms with Crippen LogP contribution < -0.4 is 5.32 Å². The topological polar surface area (TPSA) is 36.9 Å². The first kappa shape index (κ1) is 21.5. The Bertz CT molecular complexity index is 636. The number of rotatable bonds is 5. The largest absolute Gasteiger partial charge is 0.416 e. The summed E-state index contributed by atoms with van der Waals surface area (Å²) in [5, 5.41) is 3.34. The van der Waals surface area contributed by atoms with E-state index < -0.39 is 17.2 Å². The van der Waals surface area contributed by atoms with Gasteiger partial charge in [0.05, 0.1) is 11.7 Å². The number of nitrogens with one attached hydrogen (secondary N) is 1. The smallest absolute Gasteiger partial charge is 0.378 e. The summed E-state index contributed by atoms with van der Waals surface area (Å²) in [5.41, 5.74) is -0.438. The monoisotopic (exact) mass is 385 g/mol. The van der Waals surface area contributed by atoms with Crippen LogP contribution in [-0.4, -0.2) is 50.3 Å². The molecule has 0 unspecified atom stereocenters. The number of hydrogen-bond acceptors (Lipinski definition) is 2. The van der Waals surface area contributed by atoms with Gasteiger partial charge in [-0.1, -0.05) is 32.0 Å². The van der Waals surface area contributed by atoms with Crippen LogP contribution in [0.2, 0.25) is 0 Å². The maximum Gasteiger partial charge on any atom is 0.416 e. The minimum atomic E-state index is -4.33. The second kappa shape index (κ2) is 8.95. The van der Waals surface area contributed by atoms with Crippen molar-refractivity contribution in [2.45, 2.75) is 51.3 Å². The van der Waals surface area contributed by atoms with Crippen molar-refractivity contribution in [2.24, 2.45) is 4.99 Å². The fourth-order valence-electron chi connectivity index (χ4n) is 3.32. The maximum atomic E-state index is 13.0. The van der Waals surface area contributed by atoms with Crippen LogP contribution in [0.3, 0.4) is 0 Å². The van der Waals surface area contributed by atoms with Crippen molar-refractivity contribution in [3.8, 4) is 0 Å². The van der Waals surface area contributed by atoms with Gasteiger partial charge in [-0.15, -0.1) is 0 Å². The SMILES string of the molecule is CCOC1CCN(C(=NC)NCC(C)(C)c2cccc(C(F)(F)F)c2)CC1. The fourth-order valence-corrected chi connectivity index (χ4v) is 3.32. The highest BCUT2D eigenvalue weighted by Crippen LogP contribution is 2.32. The number of aliphatic imine (C=N–C) groups is 1. The zero-order valence-electron chi connectivity index (χ0n) is 16.6. The molecule has 0 bridgehead atoms. The van der Waals surface area contributed by atoms with E-state index in [2.05, 4.69) is 15.2 Å². The summed E-state index contributed by atoms with van der Waals surface area (Å²) in [5.74, 6) is 0.782. The summed E-state index contributed by atoms with van der Waals surface area (Å²) in [6.45, 7) is 8.80. The lowest BCUT2D eigenvalue weighted by Gasteiger charge is -2.35. The molecule has 1 saturated heterocycles. The van der Waals surface area contributed by atoms with Crippen molar-refractivity contribution in [3.05, 3.63) is 35.4 Å². The van der Waals surface area contributed by atoms with Gasteiger partial charge in [0, 0.05) is 38.7 Å². The van der Waals surface area contributed by atoms with Crippen molar-refractivity contribution in [2.75, 3.05) is 33.3 Å². The molecule has 7 heteroatoms. The zero-order chi connectivity index (χ0) is 20.1. The van der Waals surface area contributed by atoms with Crippen molar-refractivity contribution in [3.63, 3.8) is 0 Å². The molecule has 1 aromatic rings. The van der Waals surface area contributed by atoms with Crippen LogP contribution in [0.5, 0.6) is 0 Å². The Morgan fingerprint density at radius 2 is 1.85 bits per heavy atom. The van der Waals surface area contributed by atoms with Crippen molar-refractivity contribution in [1.82, 2.24) is 10.2 Å². The zero-order valence-corrected chi connectivity index (χ0v) is 16.6. The molecule has 0 spiro atoms. The van der Waals surface area contributed by atoms with Crippen molar-refractivity contribution in [1.29, 1.82) is 0 Å². The Kier molecular flexibility index (Phi) is 7.14. The Labute approximate surface area is 159 Å². The van der Waals surface area contributed by atoms with Crippen LogP contribution in [0.15, 0.2) is 29.3 Å². The normalized spacial score (nSPS) is 17.3. The molecule has 0 atom stereocenters. The van der Waals surface area contributed by atoms with Crippen LogP contribution >= 0.6 is 0 Å². The molecule has 1 aromatic carbocycles. The predicted octanol–water partition coefficient (Wildman–Crippen LogP) is 4.06. The first-order chi connectivity index (χ1) is 12.7. The molecule has 27 heavy (non-hydrogen) atoms. The average Bonchev–Trinajstić information content (AvgIpc) is 2.63. The van der Waals surface area contributed by atoms with E-state index in [1.807, 2.05) is 20.8 Å². The van der Waals surface area contributed by atoms with E-state index in [1.54, 1.807) is 13.1 Å². The molecule has 2 rings (SSSR count). The Balaban J connectivity index is 1.99. The van der Waals surface area contributed by atoms with Gasteiger partial charge in [-0.2, -0.15) is 13.2 Å². The average molecular weight is 385 g/mol. The summed E-state index contributed by atoms with van der Waals surface area (Å²) in [4.78, 5) is 6.53. The van der Waals surface area contributed by atoms with Crippen molar-refractivity contribution >= 4 is 5.96 Å². The van der Waals surface area contributed by atoms with E-state index in [-0.39, 0.29) is 0 Å². The molecule has 1 N–H and O–H groups in total. The summed E-state index contributed by atoms with van der Waals surface area (Å²) in [6, 6.07) is 5.55. The third-order valence-electron chi connectivity index (χ3n) is 5.02. The summed E-state index contributed by atoms with van der Waals surface area (Å²) < 4.78 is 44.7. The minimum Gasteiger partial charge on any atom is -0.378 e. The molecule has 1 heterocycles. The highest BCUT2D eigenvalue weighted by atomic mass is 19.4. The van der Waals surface area contributed by atoms with Gasteiger partial charge in [0.25, 0.3) is 0 Å². The van der Waals surface area contributed by atoms with Gasteiger partial charge in [-0.05, 0) is 31.4 Å². The van der Waals surface area contributed by atoms with E-state index in [4.69, 9.17) is 4.74 Å². The highest BCUT2D eigenvalue weighted by molar-refractivity contribution is 5.80. The van der Waals surface area contributed by atoms with Crippen LogP contribution in [0, 0.1) is 0 Å². The third kappa shape index (κ3) is 5.86. The van der Waals surface area contributed by atoms with Gasteiger partial charge in [0.2, 0.25) is 0 Å². The molecule has 1 fully saturated rings. The molecule has 0 saturated carbocycles. The molecule has 1 aliphatic heterocycles. The Morgan fingerprint density at radius 3 is 2.41 bits per heavy atom. The molecular weight excluding hydrogens is 355 g/mol. The Morgan fingerprint density at radius 1 is 1.22 bits per heavy atom. The van der Waals surface area contributed by atoms with Crippen molar-refractivity contribution < 1.29 is 17.9 Å². The van der Waals surface area contributed by atoms with Gasteiger partial charge in [-0.25, -0.2) is 0 Å². The fraction of sp³-hybridized carbons (Fsp3) is 0.650. The third-order valence-corrected chi connectivity index (χ3v) is 5.02. The second-order valence-corrected chi connectivity index (χ2v) is 7.50. The number of nitrogens with zero attached hydrogens (tertiary/aromatic N) is 2. The number of benzene rings is 1. The number of halogens is 3. The number of piperidine rings is 1. The summed E-state index contributed by atoms with van der Waals surface area (Å²) in [6.07, 6.45) is -2.14. The van der Waals surface area contributed by atoms with Crippen LogP contribution in [-0.2, 0) is 16.3 Å². The lowest BCUT2D eigenvalue weighted by atomic mass is 9.84. The van der Waals surface area contributed by atoms with Gasteiger partial charge in [0.1, 0.15) is 0 Å². The maximum absolute atomic E-state index is 13.0. The van der Waals surface area contributed by atoms with Crippen LogP contribution in [0.1, 0.15) is 44.7 Å². The summed E-state index contributed by atoms with van der Waals surface area (Å²) in [7, 11) is 1.73. The van der Waals surface area contributed by atoms with E-state index >= 15 is 0 Å². The highest BCUT2D eigenvalue weighted by Gasteiger charge is 2.32. The number of hydrogen-bond donors (Lipinski definition) is 1. The number of ether oxygens (including phenoxy) is 1. The molecule has 0 amide bonds. The molecule has 4 nitrogen and oxygen atoms in total. The molecular formula is C20H30F3N3O. The van der Waals surface area contributed by atoms with Gasteiger partial charge < -0.3 is 15.0 Å². The first-order valence-corrected chi connectivity index (χ1v) is 9.42. The minimum absolute atomic E-state index is 0.297. The van der Waals surface area contributed by atoms with Crippen LogP contribution in [0.25, 0.3) is 0 Å². The predicted molar refractivity (Wildman–Crippen MR) is 102 cm³/mol. The number of alkyl halides is 3. The molecule has 0 aliphatic carbocycles. The molecule has 0 aromatic heterocycles. The van der Waals surface area contributed by atoms with E-state index in [0.29, 0.717) is 18.2 Å². The molecule has 152 valence electrons. The first-order valence-electron chi connectivity index (χ1n) is 9.42. The number of guanidine groups is 1. The van der Waals surface area contributed by atoms with Gasteiger partial charge >= 0.3 is 6.18 Å². The lowest BCUT2D eigenvalue weighted by molar-refractivity contribution is -0.137.